The molecule has 3 heterocycles. The van der Waals surface area contributed by atoms with Crippen LogP contribution in [0.2, 0.25) is 0 Å². The van der Waals surface area contributed by atoms with Crippen molar-refractivity contribution in [2.24, 2.45) is 0 Å². The number of nitrogens with zero attached hydrogens (tertiary/aromatic N) is 6. The lowest BCUT2D eigenvalue weighted by molar-refractivity contribution is 0.0204. The lowest BCUT2D eigenvalue weighted by Gasteiger charge is -2.32. The van der Waals surface area contributed by atoms with Crippen LogP contribution >= 0.6 is 11.3 Å². The molecular formula is C21H24F2N6O3S. The van der Waals surface area contributed by atoms with Crippen LogP contribution < -0.4 is 4.74 Å². The molecule has 1 amide bonds. The largest absolute Gasteiger partial charge is 0.481 e. The van der Waals surface area contributed by atoms with Crippen molar-refractivity contribution >= 4 is 17.4 Å². The molecule has 1 fully saturated rings. The first kappa shape index (κ1) is 23.0. The smallest absolute Gasteiger partial charge is 0.410 e. The van der Waals surface area contributed by atoms with Gasteiger partial charge < -0.3 is 14.4 Å². The summed E-state index contributed by atoms with van der Waals surface area (Å²) in [5.41, 5.74) is 0.217. The molecule has 0 aliphatic carbocycles. The van der Waals surface area contributed by atoms with Gasteiger partial charge in [0.25, 0.3) is 0 Å². The Kier molecular flexibility index (Phi) is 6.54. The Morgan fingerprint density at radius 2 is 1.91 bits per heavy atom. The van der Waals surface area contributed by atoms with E-state index in [1.165, 1.54) is 17.7 Å². The summed E-state index contributed by atoms with van der Waals surface area (Å²) in [5.74, 6) is -1.98. The monoisotopic (exact) mass is 478 g/mol. The number of aromatic nitrogens is 5. The Morgan fingerprint density at radius 1 is 1.21 bits per heavy atom. The second-order valence-corrected chi connectivity index (χ2v) is 9.59. The van der Waals surface area contributed by atoms with E-state index < -0.39 is 23.0 Å². The van der Waals surface area contributed by atoms with Gasteiger partial charge in [-0.05, 0) is 44.0 Å². The van der Waals surface area contributed by atoms with Gasteiger partial charge in [-0.3, -0.25) is 0 Å². The van der Waals surface area contributed by atoms with E-state index in [4.69, 9.17) is 9.47 Å². The number of hydrogen-bond donors (Lipinski definition) is 0. The molecule has 9 nitrogen and oxygen atoms in total. The Balaban J connectivity index is 1.33. The van der Waals surface area contributed by atoms with Gasteiger partial charge in [0.2, 0.25) is 0 Å². The first-order valence-corrected chi connectivity index (χ1v) is 11.3. The molecule has 33 heavy (non-hydrogen) atoms. The number of tetrazole rings is 1. The SMILES string of the molecule is CC(C)(C)OC(=O)N1CCC(c2nc(COc3c(F)cc(-n4cnnn4)cc3F)cs2)CC1. The Morgan fingerprint density at radius 3 is 2.52 bits per heavy atom. The van der Waals surface area contributed by atoms with Crippen molar-refractivity contribution in [1.82, 2.24) is 30.1 Å². The van der Waals surface area contributed by atoms with Gasteiger partial charge in [0.1, 0.15) is 18.5 Å². The Labute approximate surface area is 193 Å². The summed E-state index contributed by atoms with van der Waals surface area (Å²) in [6.45, 7) is 6.65. The van der Waals surface area contributed by atoms with Crippen LogP contribution in [0.1, 0.15) is 50.2 Å². The van der Waals surface area contributed by atoms with Crippen LogP contribution in [0, 0.1) is 11.6 Å². The van der Waals surface area contributed by atoms with Gasteiger partial charge in [-0.1, -0.05) is 0 Å². The van der Waals surface area contributed by atoms with Crippen molar-refractivity contribution in [3.63, 3.8) is 0 Å². The van der Waals surface area contributed by atoms with Crippen molar-refractivity contribution in [3.05, 3.63) is 46.2 Å². The Bertz CT molecular complexity index is 1080. The van der Waals surface area contributed by atoms with Crippen LogP contribution in [0.5, 0.6) is 5.75 Å². The molecule has 0 bridgehead atoms. The lowest BCUT2D eigenvalue weighted by Crippen LogP contribution is -2.41. The molecular weight excluding hydrogens is 454 g/mol. The summed E-state index contributed by atoms with van der Waals surface area (Å²) < 4.78 is 40.8. The second kappa shape index (κ2) is 9.38. The van der Waals surface area contributed by atoms with Crippen LogP contribution in [0.3, 0.4) is 0 Å². The predicted octanol–water partition coefficient (Wildman–Crippen LogP) is 4.09. The fraction of sp³-hybridized carbons (Fsp3) is 0.476. The quantitative estimate of drug-likeness (QED) is 0.545. The van der Waals surface area contributed by atoms with Gasteiger partial charge in [-0.25, -0.2) is 23.2 Å². The number of ether oxygens (including phenoxy) is 2. The summed E-state index contributed by atoms with van der Waals surface area (Å²) in [5, 5.41) is 13.3. The van der Waals surface area contributed by atoms with Crippen LogP contribution in [-0.4, -0.2) is 54.9 Å². The van der Waals surface area contributed by atoms with Gasteiger partial charge in [0, 0.05) is 36.5 Å². The number of hydrogen-bond acceptors (Lipinski definition) is 8. The van der Waals surface area contributed by atoms with Crippen LogP contribution in [-0.2, 0) is 11.3 Å². The third kappa shape index (κ3) is 5.62. The summed E-state index contributed by atoms with van der Waals surface area (Å²) in [6, 6.07) is 2.19. The number of amides is 1. The highest BCUT2D eigenvalue weighted by atomic mass is 32.1. The zero-order chi connectivity index (χ0) is 23.6. The van der Waals surface area contributed by atoms with Gasteiger partial charge in [0.05, 0.1) is 16.4 Å². The average molecular weight is 479 g/mol. The number of thiazole rings is 1. The molecule has 1 saturated heterocycles. The minimum Gasteiger partial charge on any atom is -0.481 e. The molecule has 1 aliphatic heterocycles. The molecule has 12 heteroatoms. The molecule has 0 radical (unpaired) electrons. The van der Waals surface area contributed by atoms with E-state index in [1.807, 2.05) is 26.2 Å². The van der Waals surface area contributed by atoms with Crippen LogP contribution in [0.4, 0.5) is 13.6 Å². The molecule has 2 aromatic heterocycles. The summed E-state index contributed by atoms with van der Waals surface area (Å²) in [6.07, 6.45) is 2.48. The molecule has 0 saturated carbocycles. The highest BCUT2D eigenvalue weighted by Crippen LogP contribution is 2.32. The molecule has 0 spiro atoms. The first-order chi connectivity index (χ1) is 15.7. The fourth-order valence-electron chi connectivity index (χ4n) is 3.45. The third-order valence-corrected chi connectivity index (χ3v) is 6.08. The predicted molar refractivity (Wildman–Crippen MR) is 115 cm³/mol. The third-order valence-electron chi connectivity index (χ3n) is 5.03. The van der Waals surface area contributed by atoms with E-state index in [-0.39, 0.29) is 24.3 Å². The molecule has 1 aromatic carbocycles. The number of likely N-dealkylation sites (tertiary alicyclic amines) is 1. The number of carbonyl (C=O) groups excluding carboxylic acids is 1. The zero-order valence-corrected chi connectivity index (χ0v) is 19.3. The van der Waals surface area contributed by atoms with E-state index in [1.54, 1.807) is 4.90 Å². The van der Waals surface area contributed by atoms with Crippen molar-refractivity contribution in [3.8, 4) is 11.4 Å². The molecule has 176 valence electrons. The lowest BCUT2D eigenvalue weighted by atomic mass is 9.98. The number of benzene rings is 1. The van der Waals surface area contributed by atoms with Gasteiger partial charge in [-0.15, -0.1) is 16.4 Å². The number of rotatable bonds is 5. The second-order valence-electron chi connectivity index (χ2n) is 8.70. The first-order valence-electron chi connectivity index (χ1n) is 10.5. The number of halogens is 2. The minimum atomic E-state index is -0.856. The normalized spacial score (nSPS) is 15.0. The van der Waals surface area contributed by atoms with E-state index in [2.05, 4.69) is 20.5 Å². The standard InChI is InChI=1S/C21H24F2N6O3S/c1-21(2,3)32-20(30)28-6-4-13(5-7-28)19-25-14(11-33-19)10-31-18-16(22)8-15(9-17(18)23)29-12-24-26-27-29/h8-9,11-13H,4-7,10H2,1-3H3. The number of piperidine rings is 1. The maximum absolute atomic E-state index is 14.4. The number of carbonyl (C=O) groups is 1. The topological polar surface area (TPSA) is 95.3 Å². The average Bonchev–Trinajstić information content (AvgIpc) is 3.44. The van der Waals surface area contributed by atoms with Crippen molar-refractivity contribution in [2.45, 2.75) is 51.7 Å². The van der Waals surface area contributed by atoms with Crippen molar-refractivity contribution in [2.75, 3.05) is 13.1 Å². The van der Waals surface area contributed by atoms with E-state index in [0.717, 1.165) is 34.7 Å². The molecule has 0 unspecified atom stereocenters. The van der Waals surface area contributed by atoms with Gasteiger partial charge in [0.15, 0.2) is 17.4 Å². The zero-order valence-electron chi connectivity index (χ0n) is 18.5. The highest BCUT2D eigenvalue weighted by molar-refractivity contribution is 7.09. The fourth-order valence-corrected chi connectivity index (χ4v) is 4.43. The molecule has 0 N–H and O–H groups in total. The van der Waals surface area contributed by atoms with Crippen molar-refractivity contribution in [1.29, 1.82) is 0 Å². The summed E-state index contributed by atoms with van der Waals surface area (Å²) in [4.78, 5) is 18.5. The molecule has 3 aromatic rings. The molecule has 1 aliphatic rings. The minimum absolute atomic E-state index is 0.0642. The van der Waals surface area contributed by atoms with Gasteiger partial charge in [-0.2, -0.15) is 0 Å². The van der Waals surface area contributed by atoms with Gasteiger partial charge >= 0.3 is 6.09 Å². The molecule has 0 atom stereocenters. The van der Waals surface area contributed by atoms with Crippen LogP contribution in [0.25, 0.3) is 5.69 Å². The van der Waals surface area contributed by atoms with E-state index in [0.29, 0.717) is 18.8 Å². The highest BCUT2D eigenvalue weighted by Gasteiger charge is 2.28. The maximum Gasteiger partial charge on any atom is 0.410 e. The summed E-state index contributed by atoms with van der Waals surface area (Å²) >= 11 is 1.48. The van der Waals surface area contributed by atoms with Crippen molar-refractivity contribution < 1.29 is 23.0 Å². The maximum atomic E-state index is 14.4. The van der Waals surface area contributed by atoms with E-state index >= 15 is 0 Å². The summed E-state index contributed by atoms with van der Waals surface area (Å²) in [7, 11) is 0. The Hall–Kier alpha value is -3.15. The van der Waals surface area contributed by atoms with E-state index in [9.17, 15) is 13.6 Å². The molecule has 4 rings (SSSR count). The van der Waals surface area contributed by atoms with Crippen LogP contribution in [0.15, 0.2) is 23.8 Å².